The Kier molecular flexibility index (Phi) is 5.86. The molecule has 0 spiro atoms. The van der Waals surface area contributed by atoms with Crippen molar-refractivity contribution in [3.8, 4) is 39.1 Å². The van der Waals surface area contributed by atoms with E-state index in [0.29, 0.717) is 5.56 Å². The van der Waals surface area contributed by atoms with Crippen LogP contribution in [-0.2, 0) is 4.57 Å². The number of rotatable bonds is 5. The fraction of sp³-hybridized carbons (Fsp3) is 0. The van der Waals surface area contributed by atoms with Crippen molar-refractivity contribution in [1.82, 2.24) is 0 Å². The van der Waals surface area contributed by atoms with Crippen LogP contribution in [0.5, 0.6) is 5.75 Å². The molecule has 0 heterocycles. The second-order valence-corrected chi connectivity index (χ2v) is 10.1. The summed E-state index contributed by atoms with van der Waals surface area (Å²) in [5, 5.41) is 3.80. The monoisotopic (exact) mass is 502 g/mol. The van der Waals surface area contributed by atoms with Gasteiger partial charge in [-0.1, -0.05) is 109 Å². The van der Waals surface area contributed by atoms with Crippen LogP contribution >= 0.6 is 7.82 Å². The molecule has 6 rings (SSSR count). The van der Waals surface area contributed by atoms with Crippen LogP contribution in [0.4, 0.5) is 0 Å². The standard InChI is InChI=1S/C32H23O4P/c33-37(34,35)36-31-19-16-27-21-25(23-10-5-2-6-11-23)15-18-29(27)32(31)30-13-7-12-26-20-24(14-17-28(26)30)22-8-3-1-4-9-22/h1-21H,(H2,33,34,35). The van der Waals surface area contributed by atoms with Gasteiger partial charge in [0.05, 0.1) is 0 Å². The van der Waals surface area contributed by atoms with Gasteiger partial charge in [0.15, 0.2) is 0 Å². The second kappa shape index (κ2) is 9.34. The quantitative estimate of drug-likeness (QED) is 0.232. The number of phosphoric ester groups is 1. The van der Waals surface area contributed by atoms with E-state index in [1.165, 1.54) is 0 Å². The minimum absolute atomic E-state index is 0.146. The lowest BCUT2D eigenvalue weighted by atomic mass is 9.90. The van der Waals surface area contributed by atoms with Crippen molar-refractivity contribution in [2.75, 3.05) is 0 Å². The largest absolute Gasteiger partial charge is 0.524 e. The van der Waals surface area contributed by atoms with Gasteiger partial charge in [0.1, 0.15) is 5.75 Å². The summed E-state index contributed by atoms with van der Waals surface area (Å²) in [7, 11) is -4.78. The van der Waals surface area contributed by atoms with Crippen LogP contribution in [0.15, 0.2) is 127 Å². The Morgan fingerprint density at radius 3 is 1.68 bits per heavy atom. The van der Waals surface area contributed by atoms with Crippen molar-refractivity contribution >= 4 is 29.4 Å². The molecule has 0 atom stereocenters. The Morgan fingerprint density at radius 1 is 0.514 bits per heavy atom. The molecule has 0 fully saturated rings. The third kappa shape index (κ3) is 4.66. The van der Waals surface area contributed by atoms with Crippen LogP contribution in [0.25, 0.3) is 54.9 Å². The molecule has 0 aromatic heterocycles. The van der Waals surface area contributed by atoms with Gasteiger partial charge in [0.2, 0.25) is 0 Å². The van der Waals surface area contributed by atoms with Gasteiger partial charge in [-0.15, -0.1) is 0 Å². The molecule has 0 aliphatic heterocycles. The fourth-order valence-electron chi connectivity index (χ4n) is 4.91. The van der Waals surface area contributed by atoms with Crippen LogP contribution < -0.4 is 4.52 Å². The van der Waals surface area contributed by atoms with Crippen molar-refractivity contribution in [2.45, 2.75) is 0 Å². The number of hydrogen-bond acceptors (Lipinski definition) is 2. The van der Waals surface area contributed by atoms with E-state index in [1.807, 2.05) is 72.8 Å². The second-order valence-electron chi connectivity index (χ2n) is 8.93. The highest BCUT2D eigenvalue weighted by Crippen LogP contribution is 2.47. The average molecular weight is 503 g/mol. The number of benzene rings is 6. The van der Waals surface area contributed by atoms with Gasteiger partial charge in [-0.25, -0.2) is 4.57 Å². The summed E-state index contributed by atoms with van der Waals surface area (Å²) in [4.78, 5) is 19.3. The van der Waals surface area contributed by atoms with Gasteiger partial charge < -0.3 is 4.52 Å². The van der Waals surface area contributed by atoms with E-state index in [1.54, 1.807) is 6.07 Å². The van der Waals surface area contributed by atoms with E-state index in [9.17, 15) is 14.4 Å². The molecule has 0 amide bonds. The lowest BCUT2D eigenvalue weighted by Gasteiger charge is -2.17. The lowest BCUT2D eigenvalue weighted by Crippen LogP contribution is -1.95. The van der Waals surface area contributed by atoms with E-state index < -0.39 is 7.82 Å². The number of phosphoric acid groups is 1. The molecule has 0 saturated carbocycles. The fourth-order valence-corrected chi connectivity index (χ4v) is 5.32. The Bertz CT molecular complexity index is 1790. The summed E-state index contributed by atoms with van der Waals surface area (Å²) in [6.07, 6.45) is 0. The van der Waals surface area contributed by atoms with Gasteiger partial charge in [-0.05, 0) is 67.6 Å². The van der Waals surface area contributed by atoms with Crippen LogP contribution in [0.3, 0.4) is 0 Å². The first-order valence-corrected chi connectivity index (χ1v) is 13.5. The van der Waals surface area contributed by atoms with Gasteiger partial charge in [-0.3, -0.25) is 9.79 Å². The smallest absolute Gasteiger partial charge is 0.404 e. The Morgan fingerprint density at radius 2 is 1.08 bits per heavy atom. The molecule has 2 N–H and O–H groups in total. The van der Waals surface area contributed by atoms with E-state index in [-0.39, 0.29) is 5.75 Å². The Balaban J connectivity index is 1.58. The third-order valence-electron chi connectivity index (χ3n) is 6.56. The van der Waals surface area contributed by atoms with Crippen molar-refractivity contribution in [2.24, 2.45) is 0 Å². The molecule has 37 heavy (non-hydrogen) atoms. The average Bonchev–Trinajstić information content (AvgIpc) is 2.92. The first kappa shape index (κ1) is 23.2. The Hall–Kier alpha value is -4.21. The molecule has 6 aromatic rings. The van der Waals surface area contributed by atoms with E-state index >= 15 is 0 Å². The predicted molar refractivity (Wildman–Crippen MR) is 150 cm³/mol. The van der Waals surface area contributed by atoms with E-state index in [2.05, 4.69) is 48.5 Å². The molecular formula is C32H23O4P. The molecule has 0 bridgehead atoms. The molecule has 0 saturated heterocycles. The highest BCUT2D eigenvalue weighted by atomic mass is 31.2. The molecule has 0 aliphatic rings. The van der Waals surface area contributed by atoms with Crippen LogP contribution in [0, 0.1) is 0 Å². The SMILES string of the molecule is O=P(O)(O)Oc1ccc2cc(-c3ccccc3)ccc2c1-c1cccc2cc(-c3ccccc3)ccc12. The summed E-state index contributed by atoms with van der Waals surface area (Å²) >= 11 is 0. The highest BCUT2D eigenvalue weighted by molar-refractivity contribution is 7.46. The minimum atomic E-state index is -4.78. The maximum absolute atomic E-state index is 11.9. The number of fused-ring (bicyclic) bond motifs is 2. The van der Waals surface area contributed by atoms with Crippen LogP contribution in [0.1, 0.15) is 0 Å². The van der Waals surface area contributed by atoms with Crippen LogP contribution in [0.2, 0.25) is 0 Å². The molecule has 180 valence electrons. The van der Waals surface area contributed by atoms with Crippen LogP contribution in [-0.4, -0.2) is 9.79 Å². The molecule has 6 aromatic carbocycles. The summed E-state index contributed by atoms with van der Waals surface area (Å²) in [6.45, 7) is 0. The molecule has 0 radical (unpaired) electrons. The van der Waals surface area contributed by atoms with Crippen molar-refractivity contribution in [3.63, 3.8) is 0 Å². The topological polar surface area (TPSA) is 66.8 Å². The Labute approximate surface area is 214 Å². The lowest BCUT2D eigenvalue weighted by molar-refractivity contribution is 0.283. The van der Waals surface area contributed by atoms with Crippen molar-refractivity contribution in [3.05, 3.63) is 127 Å². The van der Waals surface area contributed by atoms with Crippen molar-refractivity contribution < 1.29 is 18.9 Å². The van der Waals surface area contributed by atoms with Gasteiger partial charge in [0.25, 0.3) is 0 Å². The normalized spacial score (nSPS) is 11.6. The highest BCUT2D eigenvalue weighted by Gasteiger charge is 2.22. The summed E-state index contributed by atoms with van der Waals surface area (Å²) in [6, 6.07) is 42.1. The van der Waals surface area contributed by atoms with E-state index in [0.717, 1.165) is 49.4 Å². The van der Waals surface area contributed by atoms with Gasteiger partial charge in [0, 0.05) is 5.56 Å². The van der Waals surface area contributed by atoms with Gasteiger partial charge in [-0.2, -0.15) is 0 Å². The number of hydrogen-bond donors (Lipinski definition) is 2. The summed E-state index contributed by atoms with van der Waals surface area (Å²) in [5.74, 6) is 0.146. The summed E-state index contributed by atoms with van der Waals surface area (Å²) < 4.78 is 17.1. The maximum Gasteiger partial charge on any atom is 0.524 e. The zero-order valence-electron chi connectivity index (χ0n) is 19.8. The van der Waals surface area contributed by atoms with E-state index in [4.69, 9.17) is 4.52 Å². The molecule has 4 nitrogen and oxygen atoms in total. The zero-order valence-corrected chi connectivity index (χ0v) is 20.7. The summed E-state index contributed by atoms with van der Waals surface area (Å²) in [5.41, 5.74) is 5.88. The molecule has 0 aliphatic carbocycles. The maximum atomic E-state index is 11.9. The molecular weight excluding hydrogens is 479 g/mol. The minimum Gasteiger partial charge on any atom is -0.404 e. The molecule has 0 unspecified atom stereocenters. The predicted octanol–water partition coefficient (Wildman–Crippen LogP) is 8.47. The zero-order chi connectivity index (χ0) is 25.4. The first-order valence-electron chi connectivity index (χ1n) is 11.9. The third-order valence-corrected chi connectivity index (χ3v) is 7.00. The first-order chi connectivity index (χ1) is 18.0. The van der Waals surface area contributed by atoms with Crippen molar-refractivity contribution in [1.29, 1.82) is 0 Å². The molecule has 5 heteroatoms. The van der Waals surface area contributed by atoms with Gasteiger partial charge >= 0.3 is 7.82 Å².